The number of rotatable bonds is 6. The minimum atomic E-state index is -4.47. The van der Waals surface area contributed by atoms with Crippen LogP contribution < -0.4 is 15.0 Å². The molecule has 0 aliphatic carbocycles. The van der Waals surface area contributed by atoms with E-state index >= 15 is 0 Å². The van der Waals surface area contributed by atoms with Gasteiger partial charge in [-0.25, -0.2) is 4.98 Å². The van der Waals surface area contributed by atoms with Gasteiger partial charge in [0, 0.05) is 25.8 Å². The molecule has 0 radical (unpaired) electrons. The Labute approximate surface area is 173 Å². The van der Waals surface area contributed by atoms with Crippen LogP contribution in [0.25, 0.3) is 0 Å². The first-order valence-electron chi connectivity index (χ1n) is 9.70. The highest BCUT2D eigenvalue weighted by Gasteiger charge is 2.37. The van der Waals surface area contributed by atoms with Gasteiger partial charge in [-0.05, 0) is 43.7 Å². The Kier molecular flexibility index (Phi) is 6.81. The van der Waals surface area contributed by atoms with Gasteiger partial charge in [0.15, 0.2) is 0 Å². The number of para-hydroxylation sites is 2. The van der Waals surface area contributed by atoms with Crippen LogP contribution in [-0.2, 0) is 11.0 Å². The molecule has 1 amide bonds. The molecule has 1 N–H and O–H groups in total. The smallest absolute Gasteiger partial charge is 0.419 e. The monoisotopic (exact) mass is 422 g/mol. The quantitative estimate of drug-likeness (QED) is 0.770. The van der Waals surface area contributed by atoms with Gasteiger partial charge in [-0.3, -0.25) is 9.69 Å². The second-order valence-corrected chi connectivity index (χ2v) is 7.26. The first-order valence-corrected chi connectivity index (χ1v) is 9.70. The Hall–Kier alpha value is -2.81. The van der Waals surface area contributed by atoms with E-state index < -0.39 is 11.7 Å². The first kappa shape index (κ1) is 21.9. The summed E-state index contributed by atoms with van der Waals surface area (Å²) in [5.41, 5.74) is -0.169. The van der Waals surface area contributed by atoms with E-state index in [-0.39, 0.29) is 24.3 Å². The number of carbonyl (C=O) groups is 1. The Balaban J connectivity index is 1.65. The molecule has 3 rings (SSSR count). The average molecular weight is 422 g/mol. The number of pyridine rings is 1. The standard InChI is InChI=1S/C21H25F3N4O2/c1-27(20-16(21(22,23)24)8-5-11-25-20)15-7-6-12-28(13-15)14-19(29)26-17-9-3-4-10-18(17)30-2/h3-5,8-11,15H,6-7,12-14H2,1-2H3,(H,26,29). The first-order chi connectivity index (χ1) is 14.3. The minimum absolute atomic E-state index is 0.0877. The molecule has 1 unspecified atom stereocenters. The van der Waals surface area contributed by atoms with Crippen molar-refractivity contribution in [2.45, 2.75) is 25.1 Å². The Morgan fingerprint density at radius 2 is 2.07 bits per heavy atom. The van der Waals surface area contributed by atoms with Gasteiger partial charge in [-0.2, -0.15) is 13.2 Å². The zero-order chi connectivity index (χ0) is 21.7. The summed E-state index contributed by atoms with van der Waals surface area (Å²) in [4.78, 5) is 20.0. The maximum Gasteiger partial charge on any atom is 0.419 e. The average Bonchev–Trinajstić information content (AvgIpc) is 2.73. The third-order valence-electron chi connectivity index (χ3n) is 5.20. The third kappa shape index (κ3) is 5.21. The Morgan fingerprint density at radius 3 is 2.80 bits per heavy atom. The maximum atomic E-state index is 13.4. The number of carbonyl (C=O) groups excluding carboxylic acids is 1. The number of likely N-dealkylation sites (N-methyl/N-ethyl adjacent to an activating group) is 1. The van der Waals surface area contributed by atoms with E-state index in [0.717, 1.165) is 18.9 Å². The Morgan fingerprint density at radius 1 is 1.30 bits per heavy atom. The topological polar surface area (TPSA) is 57.7 Å². The lowest BCUT2D eigenvalue weighted by atomic mass is 10.0. The van der Waals surface area contributed by atoms with Gasteiger partial charge in [-0.15, -0.1) is 0 Å². The van der Waals surface area contributed by atoms with Gasteiger partial charge < -0.3 is 15.0 Å². The van der Waals surface area contributed by atoms with Crippen LogP contribution >= 0.6 is 0 Å². The Bertz CT molecular complexity index is 875. The van der Waals surface area contributed by atoms with Crippen molar-refractivity contribution in [3.8, 4) is 5.75 Å². The largest absolute Gasteiger partial charge is 0.495 e. The van der Waals surface area contributed by atoms with Gasteiger partial charge in [-0.1, -0.05) is 12.1 Å². The van der Waals surface area contributed by atoms with Crippen LogP contribution in [-0.4, -0.2) is 55.6 Å². The van der Waals surface area contributed by atoms with Crippen LogP contribution in [0.15, 0.2) is 42.6 Å². The number of hydrogen-bond acceptors (Lipinski definition) is 5. The van der Waals surface area contributed by atoms with Crippen LogP contribution in [0.2, 0.25) is 0 Å². The zero-order valence-corrected chi connectivity index (χ0v) is 16.9. The predicted octanol–water partition coefficient (Wildman–Crippen LogP) is 3.65. The summed E-state index contributed by atoms with van der Waals surface area (Å²) >= 11 is 0. The zero-order valence-electron chi connectivity index (χ0n) is 16.9. The molecule has 6 nitrogen and oxygen atoms in total. The fourth-order valence-corrected chi connectivity index (χ4v) is 3.70. The van der Waals surface area contributed by atoms with Crippen LogP contribution in [0.3, 0.4) is 0 Å². The van der Waals surface area contributed by atoms with E-state index in [2.05, 4.69) is 10.3 Å². The number of amides is 1. The van der Waals surface area contributed by atoms with Crippen molar-refractivity contribution in [3.05, 3.63) is 48.2 Å². The molecule has 1 aliphatic rings. The normalized spacial score (nSPS) is 17.4. The summed E-state index contributed by atoms with van der Waals surface area (Å²) in [6, 6.07) is 9.28. The number of piperidine rings is 1. The van der Waals surface area contributed by atoms with Crippen molar-refractivity contribution >= 4 is 17.4 Å². The van der Waals surface area contributed by atoms with Crippen molar-refractivity contribution < 1.29 is 22.7 Å². The predicted molar refractivity (Wildman–Crippen MR) is 109 cm³/mol. The fourth-order valence-electron chi connectivity index (χ4n) is 3.70. The van der Waals surface area contributed by atoms with Crippen LogP contribution in [0.4, 0.5) is 24.7 Å². The van der Waals surface area contributed by atoms with Crippen molar-refractivity contribution in [2.75, 3.05) is 44.0 Å². The lowest BCUT2D eigenvalue weighted by Gasteiger charge is -2.38. The summed E-state index contributed by atoms with van der Waals surface area (Å²) < 4.78 is 45.3. The lowest BCUT2D eigenvalue weighted by Crippen LogP contribution is -2.49. The molecule has 1 aromatic heterocycles. The molecule has 9 heteroatoms. The van der Waals surface area contributed by atoms with E-state index in [9.17, 15) is 18.0 Å². The van der Waals surface area contributed by atoms with Gasteiger partial charge in [0.1, 0.15) is 11.6 Å². The summed E-state index contributed by atoms with van der Waals surface area (Å²) in [5, 5.41) is 2.83. The van der Waals surface area contributed by atoms with Gasteiger partial charge in [0.2, 0.25) is 5.91 Å². The number of methoxy groups -OCH3 is 1. The molecule has 1 atom stereocenters. The summed E-state index contributed by atoms with van der Waals surface area (Å²) in [5.74, 6) is 0.281. The molecular formula is C21H25F3N4O2. The molecule has 0 bridgehead atoms. The van der Waals surface area contributed by atoms with E-state index in [1.807, 2.05) is 11.0 Å². The summed E-state index contributed by atoms with van der Waals surface area (Å²) in [7, 11) is 3.16. The molecule has 1 saturated heterocycles. The number of benzene rings is 1. The third-order valence-corrected chi connectivity index (χ3v) is 5.20. The van der Waals surface area contributed by atoms with Crippen molar-refractivity contribution in [1.29, 1.82) is 0 Å². The molecule has 30 heavy (non-hydrogen) atoms. The van der Waals surface area contributed by atoms with Crippen LogP contribution in [0.1, 0.15) is 18.4 Å². The van der Waals surface area contributed by atoms with Crippen LogP contribution in [0.5, 0.6) is 5.75 Å². The molecule has 0 spiro atoms. The molecule has 2 aromatic rings. The van der Waals surface area contributed by atoms with Gasteiger partial charge in [0.25, 0.3) is 0 Å². The van der Waals surface area contributed by atoms with Crippen molar-refractivity contribution in [2.24, 2.45) is 0 Å². The lowest BCUT2D eigenvalue weighted by molar-refractivity contribution is -0.137. The number of alkyl halides is 3. The number of aromatic nitrogens is 1. The number of likely N-dealkylation sites (tertiary alicyclic amines) is 1. The molecular weight excluding hydrogens is 397 g/mol. The number of ether oxygens (including phenoxy) is 1. The van der Waals surface area contributed by atoms with Crippen molar-refractivity contribution in [1.82, 2.24) is 9.88 Å². The molecule has 162 valence electrons. The molecule has 0 saturated carbocycles. The molecule has 1 aliphatic heterocycles. The fraction of sp³-hybridized carbons (Fsp3) is 0.429. The van der Waals surface area contributed by atoms with E-state index in [1.54, 1.807) is 30.1 Å². The highest BCUT2D eigenvalue weighted by atomic mass is 19.4. The molecule has 2 heterocycles. The summed E-state index contributed by atoms with van der Waals surface area (Å²) in [6.07, 6.45) is -1.59. The number of nitrogens with one attached hydrogen (secondary N) is 1. The van der Waals surface area contributed by atoms with Crippen LogP contribution in [0, 0.1) is 0 Å². The molecule has 1 fully saturated rings. The van der Waals surface area contributed by atoms with Gasteiger partial charge in [0.05, 0.1) is 24.9 Å². The van der Waals surface area contributed by atoms with E-state index in [0.29, 0.717) is 24.5 Å². The SMILES string of the molecule is COc1ccccc1NC(=O)CN1CCCC(N(C)c2ncccc2C(F)(F)F)C1. The highest BCUT2D eigenvalue weighted by Crippen LogP contribution is 2.36. The number of nitrogens with zero attached hydrogens (tertiary/aromatic N) is 3. The second-order valence-electron chi connectivity index (χ2n) is 7.26. The number of halogens is 3. The second kappa shape index (κ2) is 9.34. The van der Waals surface area contributed by atoms with E-state index in [1.165, 1.54) is 19.4 Å². The van der Waals surface area contributed by atoms with E-state index in [4.69, 9.17) is 4.74 Å². The minimum Gasteiger partial charge on any atom is -0.495 e. The van der Waals surface area contributed by atoms with Gasteiger partial charge >= 0.3 is 6.18 Å². The highest BCUT2D eigenvalue weighted by molar-refractivity contribution is 5.93. The number of hydrogen-bond donors (Lipinski definition) is 1. The number of anilines is 2. The maximum absolute atomic E-state index is 13.4. The van der Waals surface area contributed by atoms with Crippen molar-refractivity contribution in [3.63, 3.8) is 0 Å². The molecule has 1 aromatic carbocycles. The summed E-state index contributed by atoms with van der Waals surface area (Å²) in [6.45, 7) is 1.33.